The fourth-order valence-corrected chi connectivity index (χ4v) is 3.48. The lowest BCUT2D eigenvalue weighted by molar-refractivity contribution is 0.0883. The largest absolute Gasteiger partial charge is 0.345 e. The molecule has 2 aromatic heterocycles. The summed E-state index contributed by atoms with van der Waals surface area (Å²) in [6.45, 7) is 2.04. The zero-order chi connectivity index (χ0) is 20.2. The molecule has 1 amide bonds. The summed E-state index contributed by atoms with van der Waals surface area (Å²) >= 11 is 0. The summed E-state index contributed by atoms with van der Waals surface area (Å²) in [6.07, 6.45) is 5.38. The number of nitrogens with zero attached hydrogens (tertiary/aromatic N) is 4. The molecule has 8 heteroatoms. The summed E-state index contributed by atoms with van der Waals surface area (Å²) in [4.78, 5) is 28.7. The van der Waals surface area contributed by atoms with Gasteiger partial charge >= 0.3 is 11.8 Å². The number of nitrogens with one attached hydrogen (secondary N) is 1. The van der Waals surface area contributed by atoms with Crippen LogP contribution in [0, 0.1) is 6.92 Å². The molecule has 1 fully saturated rings. The fourth-order valence-electron chi connectivity index (χ4n) is 3.48. The lowest BCUT2D eigenvalue weighted by atomic mass is 9.95. The van der Waals surface area contributed by atoms with Crippen LogP contribution in [0.4, 0.5) is 0 Å². The summed E-state index contributed by atoms with van der Waals surface area (Å²) in [5, 5.41) is 11.2. The number of amides is 1. The van der Waals surface area contributed by atoms with Gasteiger partial charge in [-0.05, 0) is 25.8 Å². The minimum absolute atomic E-state index is 0.0265. The third kappa shape index (κ3) is 4.59. The number of hydrogen-bond donors (Lipinski definition) is 1. The molecular weight excluding hydrogens is 370 g/mol. The Hall–Kier alpha value is -3.29. The van der Waals surface area contributed by atoms with E-state index in [4.69, 9.17) is 4.52 Å². The number of benzene rings is 1. The van der Waals surface area contributed by atoms with Crippen molar-refractivity contribution in [2.24, 2.45) is 0 Å². The molecule has 1 N–H and O–H groups in total. The summed E-state index contributed by atoms with van der Waals surface area (Å²) in [7, 11) is 0. The van der Waals surface area contributed by atoms with Crippen molar-refractivity contribution in [1.82, 2.24) is 25.2 Å². The van der Waals surface area contributed by atoms with Crippen molar-refractivity contribution < 1.29 is 9.32 Å². The van der Waals surface area contributed by atoms with Crippen LogP contribution in [0.3, 0.4) is 0 Å². The van der Waals surface area contributed by atoms with Gasteiger partial charge in [-0.25, -0.2) is 4.68 Å². The van der Waals surface area contributed by atoms with Gasteiger partial charge in [-0.2, -0.15) is 10.1 Å². The molecule has 0 aliphatic heterocycles. The Morgan fingerprint density at radius 3 is 2.66 bits per heavy atom. The number of rotatable bonds is 5. The lowest BCUT2D eigenvalue weighted by Crippen LogP contribution is -2.36. The van der Waals surface area contributed by atoms with E-state index >= 15 is 0 Å². The second kappa shape index (κ2) is 8.38. The Bertz CT molecular complexity index is 1050. The second-order valence-corrected chi connectivity index (χ2v) is 7.40. The maximum atomic E-state index is 12.3. The monoisotopic (exact) mass is 393 g/mol. The van der Waals surface area contributed by atoms with Crippen molar-refractivity contribution in [1.29, 1.82) is 0 Å². The van der Waals surface area contributed by atoms with E-state index in [1.165, 1.54) is 17.2 Å². The Labute approximate surface area is 167 Å². The average molecular weight is 393 g/mol. The maximum Gasteiger partial charge on any atom is 0.316 e. The highest BCUT2D eigenvalue weighted by Crippen LogP contribution is 2.18. The van der Waals surface area contributed by atoms with Gasteiger partial charge in [0.05, 0.1) is 5.69 Å². The van der Waals surface area contributed by atoms with Gasteiger partial charge in [0.25, 0.3) is 5.56 Å². The Kier molecular flexibility index (Phi) is 5.50. The molecule has 1 saturated carbocycles. The zero-order valence-electron chi connectivity index (χ0n) is 16.3. The van der Waals surface area contributed by atoms with Crippen LogP contribution < -0.4 is 10.9 Å². The van der Waals surface area contributed by atoms with E-state index in [0.29, 0.717) is 5.69 Å². The summed E-state index contributed by atoms with van der Waals surface area (Å²) in [5.74, 6) is -0.230. The highest BCUT2D eigenvalue weighted by Gasteiger charge is 2.21. The highest BCUT2D eigenvalue weighted by molar-refractivity contribution is 5.89. The van der Waals surface area contributed by atoms with Crippen molar-refractivity contribution in [3.8, 4) is 11.3 Å². The molecule has 8 nitrogen and oxygen atoms in total. The zero-order valence-corrected chi connectivity index (χ0v) is 16.3. The van der Waals surface area contributed by atoms with E-state index < -0.39 is 0 Å². The molecule has 3 aromatic rings. The van der Waals surface area contributed by atoms with Crippen LogP contribution in [0.2, 0.25) is 0 Å². The SMILES string of the molecule is Cc1ccc(-c2ccc(=O)n(Cc3noc(C(=O)NC4CCCCC4)n3)n2)cc1. The van der Waals surface area contributed by atoms with Gasteiger partial charge in [-0.15, -0.1) is 0 Å². The van der Waals surface area contributed by atoms with Crippen LogP contribution in [0.5, 0.6) is 0 Å². The van der Waals surface area contributed by atoms with Crippen LogP contribution in [-0.4, -0.2) is 31.9 Å². The first kappa shape index (κ1) is 19.0. The molecule has 0 radical (unpaired) electrons. The summed E-state index contributed by atoms with van der Waals surface area (Å²) < 4.78 is 6.36. The van der Waals surface area contributed by atoms with Crippen molar-refractivity contribution in [2.75, 3.05) is 0 Å². The molecule has 2 heterocycles. The Balaban J connectivity index is 1.48. The molecule has 150 valence electrons. The van der Waals surface area contributed by atoms with E-state index in [2.05, 4.69) is 20.6 Å². The fraction of sp³-hybridized carbons (Fsp3) is 0.381. The normalized spacial score (nSPS) is 14.7. The highest BCUT2D eigenvalue weighted by atomic mass is 16.5. The molecule has 4 rings (SSSR count). The Morgan fingerprint density at radius 1 is 1.14 bits per heavy atom. The van der Waals surface area contributed by atoms with Crippen molar-refractivity contribution in [3.05, 3.63) is 64.0 Å². The first-order valence-electron chi connectivity index (χ1n) is 9.87. The van der Waals surface area contributed by atoms with Crippen LogP contribution in [-0.2, 0) is 6.54 Å². The summed E-state index contributed by atoms with van der Waals surface area (Å²) in [6, 6.07) is 11.2. The van der Waals surface area contributed by atoms with Crippen LogP contribution >= 0.6 is 0 Å². The topological polar surface area (TPSA) is 103 Å². The van der Waals surface area contributed by atoms with Gasteiger partial charge in [0.1, 0.15) is 6.54 Å². The molecule has 29 heavy (non-hydrogen) atoms. The van der Waals surface area contributed by atoms with Gasteiger partial charge in [-0.3, -0.25) is 9.59 Å². The Morgan fingerprint density at radius 2 is 1.90 bits per heavy atom. The molecule has 0 spiro atoms. The van der Waals surface area contributed by atoms with Crippen molar-refractivity contribution in [2.45, 2.75) is 51.6 Å². The van der Waals surface area contributed by atoms with E-state index in [-0.39, 0.29) is 35.8 Å². The quantitative estimate of drug-likeness (QED) is 0.715. The maximum absolute atomic E-state index is 12.3. The van der Waals surface area contributed by atoms with Gasteiger partial charge in [0.15, 0.2) is 5.82 Å². The minimum Gasteiger partial charge on any atom is -0.345 e. The smallest absolute Gasteiger partial charge is 0.316 e. The van der Waals surface area contributed by atoms with Gasteiger partial charge in [0, 0.05) is 17.7 Å². The van der Waals surface area contributed by atoms with Gasteiger partial charge in [0.2, 0.25) is 0 Å². The first-order valence-corrected chi connectivity index (χ1v) is 9.87. The molecule has 0 unspecified atom stereocenters. The first-order chi connectivity index (χ1) is 14.1. The predicted octanol–water partition coefficient (Wildman–Crippen LogP) is 2.71. The van der Waals surface area contributed by atoms with Gasteiger partial charge in [-0.1, -0.05) is 54.2 Å². The number of aryl methyl sites for hydroxylation is 1. The average Bonchev–Trinajstić information content (AvgIpc) is 3.20. The molecule has 0 saturated heterocycles. The van der Waals surface area contributed by atoms with E-state index in [0.717, 1.165) is 36.8 Å². The van der Waals surface area contributed by atoms with E-state index in [9.17, 15) is 9.59 Å². The molecule has 1 aliphatic rings. The number of carbonyl (C=O) groups excluding carboxylic acids is 1. The van der Waals surface area contributed by atoms with E-state index in [1.54, 1.807) is 6.07 Å². The number of carbonyl (C=O) groups is 1. The number of aromatic nitrogens is 4. The minimum atomic E-state index is -0.371. The molecule has 1 aliphatic carbocycles. The lowest BCUT2D eigenvalue weighted by Gasteiger charge is -2.21. The second-order valence-electron chi connectivity index (χ2n) is 7.40. The number of hydrogen-bond acceptors (Lipinski definition) is 6. The third-order valence-corrected chi connectivity index (χ3v) is 5.11. The third-order valence-electron chi connectivity index (χ3n) is 5.11. The molecule has 1 aromatic carbocycles. The van der Waals surface area contributed by atoms with E-state index in [1.807, 2.05) is 31.2 Å². The van der Waals surface area contributed by atoms with Crippen LogP contribution in [0.25, 0.3) is 11.3 Å². The standard InChI is InChI=1S/C21H23N5O3/c1-14-7-9-15(10-8-14)17-11-12-19(27)26(24-17)13-18-23-21(29-25-18)20(28)22-16-5-3-2-4-6-16/h7-12,16H,2-6,13H2,1H3,(H,22,28). The van der Waals surface area contributed by atoms with Crippen molar-refractivity contribution in [3.63, 3.8) is 0 Å². The van der Waals surface area contributed by atoms with Crippen molar-refractivity contribution >= 4 is 5.91 Å². The predicted molar refractivity (Wildman–Crippen MR) is 106 cm³/mol. The molecule has 0 bridgehead atoms. The van der Waals surface area contributed by atoms with Gasteiger partial charge < -0.3 is 9.84 Å². The molecule has 0 atom stereocenters. The van der Waals surface area contributed by atoms with Crippen LogP contribution in [0.15, 0.2) is 45.7 Å². The summed E-state index contributed by atoms with van der Waals surface area (Å²) in [5.41, 5.74) is 2.44. The van der Waals surface area contributed by atoms with Crippen LogP contribution in [0.1, 0.15) is 54.2 Å². The molecular formula is C21H23N5O3.